The Morgan fingerprint density at radius 2 is 1.12 bits per heavy atom. The lowest BCUT2D eigenvalue weighted by Crippen LogP contribution is -1.38. The highest BCUT2D eigenvalue weighted by Gasteiger charge is 1.55. The second kappa shape index (κ2) is 10.2. The average Bonchev–Trinajstić information content (AvgIpc) is 1.76. The van der Waals surface area contributed by atoms with Crippen molar-refractivity contribution in [1.29, 1.82) is 0 Å². The largest absolute Gasteiger partial charge is 0.368 e. The maximum absolute atomic E-state index is 2.86. The van der Waals surface area contributed by atoms with Crippen LogP contribution in [-0.4, -0.2) is 4.98 Å². The maximum Gasteiger partial charge on any atom is 0.000496 e. The zero-order valence-electron chi connectivity index (χ0n) is 4.03. The van der Waals surface area contributed by atoms with Crippen LogP contribution in [-0.2, 0) is 0 Å². The molecule has 0 atom stereocenters. The average molecular weight is 176 g/mol. The van der Waals surface area contributed by atoms with Crippen molar-refractivity contribution in [3.8, 4) is 0 Å². The van der Waals surface area contributed by atoms with E-state index in [-0.39, 0.29) is 37.2 Å². The van der Waals surface area contributed by atoms with E-state index in [4.69, 9.17) is 0 Å². The van der Waals surface area contributed by atoms with Gasteiger partial charge in [0.2, 0.25) is 0 Å². The first kappa shape index (κ1) is 15.7. The van der Waals surface area contributed by atoms with Gasteiger partial charge in [0, 0.05) is 12.4 Å². The minimum absolute atomic E-state index is 0. The van der Waals surface area contributed by atoms with Crippen LogP contribution >= 0.6 is 37.2 Å². The molecule has 0 fully saturated rings. The second-order valence-corrected chi connectivity index (χ2v) is 0.885. The number of halogens is 3. The van der Waals surface area contributed by atoms with Crippen LogP contribution in [0.4, 0.5) is 0 Å². The fourth-order valence-electron chi connectivity index (χ4n) is 0.278. The zero-order chi connectivity index (χ0) is 3.54. The summed E-state index contributed by atoms with van der Waals surface area (Å²) in [5.74, 6) is 0. The van der Waals surface area contributed by atoms with Crippen LogP contribution < -0.4 is 0 Å². The molecule has 1 aromatic heterocycles. The molecule has 1 heterocycles. The van der Waals surface area contributed by atoms with E-state index >= 15 is 0 Å². The summed E-state index contributed by atoms with van der Waals surface area (Å²) in [6.45, 7) is 0. The lowest BCUT2D eigenvalue weighted by atomic mass is 10.7. The Balaban J connectivity index is -0.0000000833. The third-order valence-corrected chi connectivity index (χ3v) is 0.496. The Kier molecular flexibility index (Phi) is 20.0. The fourth-order valence-corrected chi connectivity index (χ4v) is 0.278. The highest BCUT2D eigenvalue weighted by Crippen LogP contribution is 1.72. The number of H-pyrrole nitrogens is 1. The molecular weight excluding hydrogens is 168 g/mol. The summed E-state index contributed by atoms with van der Waals surface area (Å²) in [4.78, 5) is 2.86. The highest BCUT2D eigenvalue weighted by atomic mass is 35.5. The van der Waals surface area contributed by atoms with Crippen LogP contribution in [0.3, 0.4) is 0 Å². The highest BCUT2D eigenvalue weighted by molar-refractivity contribution is 5.86. The lowest BCUT2D eigenvalue weighted by molar-refractivity contribution is 1.42. The predicted molar refractivity (Wildman–Crippen MR) is 42.5 cm³/mol. The fraction of sp³-hybridized carbons (Fsp3) is 0. The first-order chi connectivity index (χ1) is 2.50. The summed E-state index contributed by atoms with van der Waals surface area (Å²) in [7, 11) is 0. The molecule has 0 bridgehead atoms. The third-order valence-electron chi connectivity index (χ3n) is 0.496. The van der Waals surface area contributed by atoms with Crippen molar-refractivity contribution in [2.24, 2.45) is 0 Å². The Labute approximate surface area is 67.1 Å². The van der Waals surface area contributed by atoms with Crippen LogP contribution in [0.1, 0.15) is 0 Å². The molecule has 1 N–H and O–H groups in total. The van der Waals surface area contributed by atoms with E-state index in [1.54, 1.807) is 0 Å². The number of aromatic amines is 1. The van der Waals surface area contributed by atoms with Gasteiger partial charge < -0.3 is 4.98 Å². The molecule has 0 amide bonds. The molecule has 1 aromatic rings. The molecule has 0 spiro atoms. The van der Waals surface area contributed by atoms with Crippen molar-refractivity contribution < 1.29 is 0 Å². The smallest absolute Gasteiger partial charge is 0.000496 e. The van der Waals surface area contributed by atoms with E-state index < -0.39 is 0 Å². The molecule has 1 nitrogen and oxygen atoms in total. The Bertz CT molecular complexity index is 67.8. The van der Waals surface area contributed by atoms with E-state index in [2.05, 4.69) is 4.98 Å². The number of hydrogen-bond donors (Lipinski definition) is 1. The van der Waals surface area contributed by atoms with Crippen molar-refractivity contribution in [2.45, 2.75) is 0 Å². The Hall–Kier alpha value is 0.150. The summed E-state index contributed by atoms with van der Waals surface area (Å²) < 4.78 is 0. The van der Waals surface area contributed by atoms with Gasteiger partial charge >= 0.3 is 0 Å². The molecule has 1 rings (SSSR count). The van der Waals surface area contributed by atoms with Gasteiger partial charge in [0.05, 0.1) is 0 Å². The zero-order valence-corrected chi connectivity index (χ0v) is 6.48. The topological polar surface area (TPSA) is 15.8 Å². The van der Waals surface area contributed by atoms with Gasteiger partial charge in [0.15, 0.2) is 0 Å². The van der Waals surface area contributed by atoms with Gasteiger partial charge in [-0.3, -0.25) is 0 Å². The van der Waals surface area contributed by atoms with Crippen LogP contribution in [0.5, 0.6) is 0 Å². The van der Waals surface area contributed by atoms with Crippen molar-refractivity contribution in [3.05, 3.63) is 24.5 Å². The summed E-state index contributed by atoms with van der Waals surface area (Å²) in [5, 5.41) is 0. The van der Waals surface area contributed by atoms with E-state index in [9.17, 15) is 0 Å². The molecular formula is C4H8Cl3N. The molecule has 0 saturated carbocycles. The second-order valence-electron chi connectivity index (χ2n) is 0.885. The van der Waals surface area contributed by atoms with Crippen LogP contribution in [0.2, 0.25) is 0 Å². The van der Waals surface area contributed by atoms with Gasteiger partial charge in [-0.2, -0.15) is 0 Å². The molecule has 0 aromatic carbocycles. The van der Waals surface area contributed by atoms with Crippen molar-refractivity contribution >= 4 is 37.2 Å². The summed E-state index contributed by atoms with van der Waals surface area (Å²) >= 11 is 0. The normalized spacial score (nSPS) is 5.00. The summed E-state index contributed by atoms with van der Waals surface area (Å²) in [6, 6.07) is 3.89. The predicted octanol–water partition coefficient (Wildman–Crippen LogP) is 2.28. The third kappa shape index (κ3) is 6.15. The number of nitrogens with one attached hydrogen (secondary N) is 1. The molecule has 50 valence electrons. The quantitative estimate of drug-likeness (QED) is 0.624. The first-order valence-corrected chi connectivity index (χ1v) is 1.58. The minimum Gasteiger partial charge on any atom is -0.368 e. The van der Waals surface area contributed by atoms with E-state index in [1.165, 1.54) is 0 Å². The summed E-state index contributed by atoms with van der Waals surface area (Å²) in [5.41, 5.74) is 0. The molecule has 4 heteroatoms. The van der Waals surface area contributed by atoms with Crippen molar-refractivity contribution in [2.75, 3.05) is 0 Å². The monoisotopic (exact) mass is 175 g/mol. The number of aromatic nitrogens is 1. The standard InChI is InChI=1S/C4H5N.3ClH/c1-2-4-5-3-1;;;/h1-5H;3*1H. The molecule has 0 unspecified atom stereocenters. The van der Waals surface area contributed by atoms with Gasteiger partial charge in [0.25, 0.3) is 0 Å². The number of rotatable bonds is 0. The van der Waals surface area contributed by atoms with Gasteiger partial charge in [-0.25, -0.2) is 0 Å². The molecule has 0 saturated heterocycles. The minimum atomic E-state index is 0. The number of hydrogen-bond acceptors (Lipinski definition) is 0. The van der Waals surface area contributed by atoms with Crippen LogP contribution in [0.15, 0.2) is 24.5 Å². The van der Waals surface area contributed by atoms with Gasteiger partial charge in [-0.1, -0.05) is 0 Å². The van der Waals surface area contributed by atoms with Gasteiger partial charge in [-0.05, 0) is 12.1 Å². The SMILES string of the molecule is Cl.Cl.Cl.c1cc[nH]c1. The summed E-state index contributed by atoms with van der Waals surface area (Å²) in [6.07, 6.45) is 3.75. The first-order valence-electron chi connectivity index (χ1n) is 1.58. The Morgan fingerprint density at radius 1 is 0.750 bits per heavy atom. The van der Waals surface area contributed by atoms with Crippen molar-refractivity contribution in [1.82, 2.24) is 4.98 Å². The van der Waals surface area contributed by atoms with Gasteiger partial charge in [0.1, 0.15) is 0 Å². The lowest BCUT2D eigenvalue weighted by Gasteiger charge is -1.49. The molecule has 0 radical (unpaired) electrons. The maximum atomic E-state index is 2.86. The molecule has 8 heavy (non-hydrogen) atoms. The Morgan fingerprint density at radius 3 is 1.25 bits per heavy atom. The molecule has 0 aliphatic carbocycles. The molecule has 0 aliphatic heterocycles. The van der Waals surface area contributed by atoms with Crippen LogP contribution in [0, 0.1) is 0 Å². The van der Waals surface area contributed by atoms with Crippen LogP contribution in [0.25, 0.3) is 0 Å². The van der Waals surface area contributed by atoms with Gasteiger partial charge in [-0.15, -0.1) is 37.2 Å². The van der Waals surface area contributed by atoms with E-state index in [0.29, 0.717) is 0 Å². The van der Waals surface area contributed by atoms with E-state index in [0.717, 1.165) is 0 Å². The van der Waals surface area contributed by atoms with E-state index in [1.807, 2.05) is 24.5 Å². The molecule has 0 aliphatic rings. The van der Waals surface area contributed by atoms with Crippen molar-refractivity contribution in [3.63, 3.8) is 0 Å².